The van der Waals surface area contributed by atoms with E-state index in [1.165, 1.54) is 16.9 Å². The van der Waals surface area contributed by atoms with E-state index >= 15 is 0 Å². The summed E-state index contributed by atoms with van der Waals surface area (Å²) in [5, 5.41) is 4.73. The number of fused-ring (bicyclic) bond motifs is 1. The lowest BCUT2D eigenvalue weighted by molar-refractivity contribution is -0.121. The van der Waals surface area contributed by atoms with E-state index in [0.29, 0.717) is 41.6 Å². The summed E-state index contributed by atoms with van der Waals surface area (Å²) >= 11 is 1.38. The number of ether oxygens (including phenoxy) is 2. The minimum Gasteiger partial charge on any atom is -0.494 e. The molecular formula is C23H22N2O4S. The van der Waals surface area contributed by atoms with Gasteiger partial charge in [-0.2, -0.15) is 0 Å². The fourth-order valence-corrected chi connectivity index (χ4v) is 3.79. The van der Waals surface area contributed by atoms with E-state index in [0.717, 1.165) is 5.75 Å². The predicted molar refractivity (Wildman–Crippen MR) is 118 cm³/mol. The van der Waals surface area contributed by atoms with Crippen molar-refractivity contribution in [1.82, 2.24) is 0 Å². The molecule has 3 aromatic rings. The number of hydrogen-bond donors (Lipinski definition) is 1. The Morgan fingerprint density at radius 1 is 1.20 bits per heavy atom. The molecule has 1 aliphatic heterocycles. The number of benzene rings is 2. The van der Waals surface area contributed by atoms with Crippen LogP contribution < -0.4 is 19.7 Å². The maximum Gasteiger partial charge on any atom is 0.265 e. The second-order valence-electron chi connectivity index (χ2n) is 6.96. The normalized spacial score (nSPS) is 12.8. The number of nitrogens with one attached hydrogen (secondary N) is 1. The number of thiophene rings is 1. The Kier molecular flexibility index (Phi) is 5.99. The van der Waals surface area contributed by atoms with E-state index in [4.69, 9.17) is 9.47 Å². The summed E-state index contributed by atoms with van der Waals surface area (Å²) < 4.78 is 11.3. The second kappa shape index (κ2) is 9.00. The van der Waals surface area contributed by atoms with Crippen molar-refractivity contribution in [2.75, 3.05) is 30.0 Å². The van der Waals surface area contributed by atoms with Crippen molar-refractivity contribution in [3.63, 3.8) is 0 Å². The Morgan fingerprint density at radius 2 is 2.03 bits per heavy atom. The van der Waals surface area contributed by atoms with Gasteiger partial charge in [0, 0.05) is 12.2 Å². The molecule has 7 heteroatoms. The molecule has 0 aliphatic carbocycles. The van der Waals surface area contributed by atoms with Gasteiger partial charge >= 0.3 is 0 Å². The van der Waals surface area contributed by atoms with E-state index in [9.17, 15) is 9.59 Å². The van der Waals surface area contributed by atoms with Gasteiger partial charge in [0.05, 0.1) is 17.2 Å². The van der Waals surface area contributed by atoms with Crippen molar-refractivity contribution in [3.05, 3.63) is 70.4 Å². The fraction of sp³-hybridized carbons (Fsp3) is 0.217. The minimum absolute atomic E-state index is 0.00667. The molecule has 1 aromatic heterocycles. The van der Waals surface area contributed by atoms with Crippen molar-refractivity contribution in [2.45, 2.75) is 13.3 Å². The molecule has 1 N–H and O–H groups in total. The summed E-state index contributed by atoms with van der Waals surface area (Å²) in [4.78, 5) is 27.1. The van der Waals surface area contributed by atoms with Gasteiger partial charge < -0.3 is 19.7 Å². The van der Waals surface area contributed by atoms with Crippen LogP contribution in [0, 0.1) is 6.92 Å². The van der Waals surface area contributed by atoms with Crippen molar-refractivity contribution in [2.24, 2.45) is 0 Å². The van der Waals surface area contributed by atoms with Crippen LogP contribution in [0.1, 0.15) is 21.7 Å². The average Bonchev–Trinajstić information content (AvgIpc) is 3.29. The summed E-state index contributed by atoms with van der Waals surface area (Å²) in [6, 6.07) is 16.8. The lowest BCUT2D eigenvalue weighted by Crippen LogP contribution is -2.39. The smallest absolute Gasteiger partial charge is 0.265 e. The molecule has 2 heterocycles. The summed E-state index contributed by atoms with van der Waals surface area (Å²) in [6.45, 7) is 3.04. The van der Waals surface area contributed by atoms with Crippen LogP contribution in [0.25, 0.3) is 0 Å². The number of carbonyl (C=O) groups excluding carboxylic acids is 2. The Bertz CT molecular complexity index is 1030. The number of anilines is 2. The molecule has 4 rings (SSSR count). The molecule has 0 atom stereocenters. The van der Waals surface area contributed by atoms with Crippen LogP contribution >= 0.6 is 11.3 Å². The van der Waals surface area contributed by atoms with Gasteiger partial charge in [-0.1, -0.05) is 23.8 Å². The number of rotatable bonds is 7. The number of hydrogen-bond acceptors (Lipinski definition) is 5. The Hall–Kier alpha value is -3.32. The summed E-state index contributed by atoms with van der Waals surface area (Å²) in [7, 11) is 0. The molecule has 6 nitrogen and oxygen atoms in total. The maximum absolute atomic E-state index is 12.5. The second-order valence-corrected chi connectivity index (χ2v) is 7.91. The van der Waals surface area contributed by atoms with Crippen molar-refractivity contribution >= 4 is 34.5 Å². The third kappa shape index (κ3) is 4.63. The number of amides is 2. The van der Waals surface area contributed by atoms with Crippen LogP contribution in [0.5, 0.6) is 11.5 Å². The van der Waals surface area contributed by atoms with E-state index in [1.54, 1.807) is 29.2 Å². The highest BCUT2D eigenvalue weighted by Crippen LogP contribution is 2.35. The molecule has 0 saturated carbocycles. The van der Waals surface area contributed by atoms with Gasteiger partial charge in [0.15, 0.2) is 6.61 Å². The molecule has 0 bridgehead atoms. The zero-order valence-corrected chi connectivity index (χ0v) is 17.4. The first-order chi connectivity index (χ1) is 14.6. The highest BCUT2D eigenvalue weighted by molar-refractivity contribution is 7.12. The van der Waals surface area contributed by atoms with Gasteiger partial charge in [0.25, 0.3) is 11.8 Å². The first kappa shape index (κ1) is 20.0. The lowest BCUT2D eigenvalue weighted by atomic mass is 10.2. The van der Waals surface area contributed by atoms with Crippen molar-refractivity contribution in [3.8, 4) is 11.5 Å². The number of carbonyl (C=O) groups is 2. The number of nitrogens with zero attached hydrogens (tertiary/aromatic N) is 1. The molecule has 2 aromatic carbocycles. The standard InChI is InChI=1S/C23H22N2O4S/c1-16-5-8-18(9-6-16)28-12-3-11-25-19-14-17(7-10-20(19)29-15-22(25)26)24-23(27)21-4-2-13-30-21/h2,4-10,13-14H,3,11-12,15H2,1H3,(H,24,27). The Labute approximate surface area is 179 Å². The van der Waals surface area contributed by atoms with Crippen LogP contribution in [-0.2, 0) is 4.79 Å². The Morgan fingerprint density at radius 3 is 2.80 bits per heavy atom. The van der Waals surface area contributed by atoms with Gasteiger partial charge in [-0.3, -0.25) is 9.59 Å². The third-order valence-electron chi connectivity index (χ3n) is 4.72. The highest BCUT2D eigenvalue weighted by atomic mass is 32.1. The van der Waals surface area contributed by atoms with Gasteiger partial charge in [-0.05, 0) is 55.1 Å². The largest absolute Gasteiger partial charge is 0.494 e. The van der Waals surface area contributed by atoms with Crippen LogP contribution in [0.4, 0.5) is 11.4 Å². The van der Waals surface area contributed by atoms with Gasteiger partial charge in [0.2, 0.25) is 0 Å². The maximum atomic E-state index is 12.5. The monoisotopic (exact) mass is 422 g/mol. The van der Waals surface area contributed by atoms with Crippen LogP contribution in [0.2, 0.25) is 0 Å². The molecular weight excluding hydrogens is 400 g/mol. The van der Waals surface area contributed by atoms with Crippen molar-refractivity contribution < 1.29 is 19.1 Å². The topological polar surface area (TPSA) is 67.9 Å². The van der Waals surface area contributed by atoms with Crippen LogP contribution in [0.3, 0.4) is 0 Å². The van der Waals surface area contributed by atoms with Gasteiger partial charge in [-0.15, -0.1) is 11.3 Å². The molecule has 154 valence electrons. The first-order valence-electron chi connectivity index (χ1n) is 9.72. The molecule has 2 amide bonds. The molecule has 30 heavy (non-hydrogen) atoms. The SMILES string of the molecule is Cc1ccc(OCCCN2C(=O)COc3ccc(NC(=O)c4cccs4)cc32)cc1. The van der Waals surface area contributed by atoms with E-state index < -0.39 is 0 Å². The predicted octanol–water partition coefficient (Wildman–Crippen LogP) is 4.50. The fourth-order valence-electron chi connectivity index (χ4n) is 3.17. The van der Waals surface area contributed by atoms with Gasteiger partial charge in [-0.25, -0.2) is 0 Å². The number of aryl methyl sites for hydroxylation is 1. The zero-order chi connectivity index (χ0) is 20.9. The van der Waals surface area contributed by atoms with E-state index in [-0.39, 0.29) is 18.4 Å². The van der Waals surface area contributed by atoms with Crippen molar-refractivity contribution in [1.29, 1.82) is 0 Å². The summed E-state index contributed by atoms with van der Waals surface area (Å²) in [5.74, 6) is 1.15. The zero-order valence-electron chi connectivity index (χ0n) is 16.6. The third-order valence-corrected chi connectivity index (χ3v) is 5.59. The quantitative estimate of drug-likeness (QED) is 0.569. The van der Waals surface area contributed by atoms with Crippen LogP contribution in [0.15, 0.2) is 60.0 Å². The molecule has 0 unspecified atom stereocenters. The molecule has 0 radical (unpaired) electrons. The highest BCUT2D eigenvalue weighted by Gasteiger charge is 2.25. The van der Waals surface area contributed by atoms with Gasteiger partial charge in [0.1, 0.15) is 11.5 Å². The average molecular weight is 423 g/mol. The summed E-state index contributed by atoms with van der Waals surface area (Å²) in [5.41, 5.74) is 2.46. The molecule has 0 fully saturated rings. The minimum atomic E-state index is -0.175. The van der Waals surface area contributed by atoms with Crippen LogP contribution in [-0.4, -0.2) is 31.6 Å². The van der Waals surface area contributed by atoms with E-state index in [1.807, 2.05) is 42.6 Å². The molecule has 0 saturated heterocycles. The first-order valence-corrected chi connectivity index (χ1v) is 10.6. The lowest BCUT2D eigenvalue weighted by Gasteiger charge is -2.29. The molecule has 1 aliphatic rings. The Balaban J connectivity index is 1.41. The molecule has 0 spiro atoms. The van der Waals surface area contributed by atoms with E-state index in [2.05, 4.69) is 5.32 Å². The summed E-state index contributed by atoms with van der Waals surface area (Å²) in [6.07, 6.45) is 0.671.